The van der Waals surface area contributed by atoms with Gasteiger partial charge in [-0.2, -0.15) is 36.2 Å². The fraction of sp³-hybridized carbons (Fsp3) is 1.00. The Bertz CT molecular complexity index is 62.7. The summed E-state index contributed by atoms with van der Waals surface area (Å²) in [6.45, 7) is 0.330. The maximum absolute atomic E-state index is 8.48. The first-order valence-electron chi connectivity index (χ1n) is 3.79. The van der Waals surface area contributed by atoms with E-state index in [0.29, 0.717) is 6.61 Å². The van der Waals surface area contributed by atoms with E-state index in [-0.39, 0.29) is 0 Å². The van der Waals surface area contributed by atoms with Crippen molar-refractivity contribution in [3.8, 4) is 0 Å². The largest absolute Gasteiger partial charge is 0.396 e. The van der Waals surface area contributed by atoms with E-state index >= 15 is 0 Å². The Labute approximate surface area is 83.1 Å². The van der Waals surface area contributed by atoms with Gasteiger partial charge in [-0.1, -0.05) is 0 Å². The predicted molar refractivity (Wildman–Crippen MR) is 60.2 cm³/mol. The second-order valence-corrected chi connectivity index (χ2v) is 4.92. The lowest BCUT2D eigenvalue weighted by molar-refractivity contribution is 0.296. The SMILES string of the molecule is OCCCSCCSCCS. The molecule has 0 aliphatic rings. The fourth-order valence-electron chi connectivity index (χ4n) is 0.553. The third kappa shape index (κ3) is 11.0. The van der Waals surface area contributed by atoms with Gasteiger partial charge in [0.1, 0.15) is 0 Å². The van der Waals surface area contributed by atoms with Crippen LogP contribution in [-0.4, -0.2) is 40.5 Å². The van der Waals surface area contributed by atoms with E-state index in [4.69, 9.17) is 5.11 Å². The lowest BCUT2D eigenvalue weighted by Gasteiger charge is -1.98. The highest BCUT2D eigenvalue weighted by molar-refractivity contribution is 8.03. The van der Waals surface area contributed by atoms with Crippen molar-refractivity contribution in [2.45, 2.75) is 6.42 Å². The number of rotatable bonds is 8. The van der Waals surface area contributed by atoms with Gasteiger partial charge >= 0.3 is 0 Å². The molecular formula is C7H16OS3. The molecular weight excluding hydrogens is 196 g/mol. The van der Waals surface area contributed by atoms with Crippen LogP contribution in [0, 0.1) is 0 Å². The molecule has 0 aromatic carbocycles. The third-order valence-electron chi connectivity index (χ3n) is 1.05. The lowest BCUT2D eigenvalue weighted by atomic mass is 10.5. The standard InChI is InChI=1S/C7H16OS3/c8-2-1-4-10-6-7-11-5-3-9/h8-9H,1-7H2. The average molecular weight is 212 g/mol. The fourth-order valence-corrected chi connectivity index (χ4v) is 2.75. The lowest BCUT2D eigenvalue weighted by Crippen LogP contribution is -1.91. The number of thiol groups is 1. The van der Waals surface area contributed by atoms with Gasteiger partial charge in [0, 0.05) is 23.9 Å². The van der Waals surface area contributed by atoms with Gasteiger partial charge in [-0.05, 0) is 17.9 Å². The number of aliphatic hydroxyl groups is 1. The second kappa shape index (κ2) is 11.0. The van der Waals surface area contributed by atoms with Crippen LogP contribution in [0.1, 0.15) is 6.42 Å². The first-order chi connectivity index (χ1) is 5.41. The van der Waals surface area contributed by atoms with Gasteiger partial charge in [-0.25, -0.2) is 0 Å². The zero-order chi connectivity index (χ0) is 8.36. The van der Waals surface area contributed by atoms with Crippen LogP contribution in [0.4, 0.5) is 0 Å². The van der Waals surface area contributed by atoms with Crippen molar-refractivity contribution in [3.63, 3.8) is 0 Å². The van der Waals surface area contributed by atoms with Crippen LogP contribution >= 0.6 is 36.2 Å². The normalized spacial score (nSPS) is 10.4. The molecule has 0 aliphatic carbocycles. The van der Waals surface area contributed by atoms with Gasteiger partial charge in [-0.3, -0.25) is 0 Å². The summed E-state index contributed by atoms with van der Waals surface area (Å²) in [5.74, 6) is 5.66. The summed E-state index contributed by atoms with van der Waals surface area (Å²) in [4.78, 5) is 0. The topological polar surface area (TPSA) is 20.2 Å². The quantitative estimate of drug-likeness (QED) is 0.473. The van der Waals surface area contributed by atoms with E-state index in [2.05, 4.69) is 12.6 Å². The smallest absolute Gasteiger partial charge is 0.0438 e. The highest BCUT2D eigenvalue weighted by atomic mass is 32.2. The van der Waals surface area contributed by atoms with Crippen molar-refractivity contribution in [1.82, 2.24) is 0 Å². The highest BCUT2D eigenvalue weighted by Gasteiger charge is 1.89. The van der Waals surface area contributed by atoms with E-state index in [9.17, 15) is 0 Å². The second-order valence-electron chi connectivity index (χ2n) is 2.03. The van der Waals surface area contributed by atoms with Crippen LogP contribution in [-0.2, 0) is 0 Å². The summed E-state index contributed by atoms with van der Waals surface area (Å²) in [5, 5.41) is 8.48. The molecule has 68 valence electrons. The molecule has 0 bridgehead atoms. The molecule has 0 spiro atoms. The Morgan fingerprint density at radius 2 is 1.64 bits per heavy atom. The summed E-state index contributed by atoms with van der Waals surface area (Å²) in [7, 11) is 0. The maximum Gasteiger partial charge on any atom is 0.0438 e. The summed E-state index contributed by atoms with van der Waals surface area (Å²) in [6, 6.07) is 0. The zero-order valence-corrected chi connectivity index (χ0v) is 9.19. The van der Waals surface area contributed by atoms with Crippen LogP contribution in [0.15, 0.2) is 0 Å². The summed E-state index contributed by atoms with van der Waals surface area (Å²) < 4.78 is 0. The van der Waals surface area contributed by atoms with Crippen molar-refractivity contribution in [3.05, 3.63) is 0 Å². The van der Waals surface area contributed by atoms with Crippen LogP contribution in [0.3, 0.4) is 0 Å². The highest BCUT2D eigenvalue weighted by Crippen LogP contribution is 2.07. The molecule has 0 aromatic rings. The van der Waals surface area contributed by atoms with Crippen LogP contribution < -0.4 is 0 Å². The van der Waals surface area contributed by atoms with Gasteiger partial charge in [0.2, 0.25) is 0 Å². The Kier molecular flexibility index (Phi) is 12.0. The minimum atomic E-state index is 0.330. The molecule has 1 nitrogen and oxygen atoms in total. The van der Waals surface area contributed by atoms with E-state index in [0.717, 1.165) is 23.7 Å². The Morgan fingerprint density at radius 1 is 1.00 bits per heavy atom. The molecule has 0 unspecified atom stereocenters. The monoisotopic (exact) mass is 212 g/mol. The number of thioether (sulfide) groups is 2. The molecule has 11 heavy (non-hydrogen) atoms. The van der Waals surface area contributed by atoms with Crippen LogP contribution in [0.2, 0.25) is 0 Å². The van der Waals surface area contributed by atoms with Crippen molar-refractivity contribution >= 4 is 36.2 Å². The molecule has 0 radical (unpaired) electrons. The van der Waals surface area contributed by atoms with Gasteiger partial charge in [0.25, 0.3) is 0 Å². The molecule has 0 atom stereocenters. The van der Waals surface area contributed by atoms with Crippen molar-refractivity contribution < 1.29 is 5.11 Å². The maximum atomic E-state index is 8.48. The molecule has 0 amide bonds. The predicted octanol–water partition coefficient (Wildman–Crippen LogP) is 1.77. The first kappa shape index (κ1) is 12.0. The molecule has 0 saturated carbocycles. The van der Waals surface area contributed by atoms with E-state index in [1.54, 1.807) is 0 Å². The van der Waals surface area contributed by atoms with Gasteiger partial charge in [0.05, 0.1) is 0 Å². The van der Waals surface area contributed by atoms with Crippen molar-refractivity contribution in [2.75, 3.05) is 35.4 Å². The van der Waals surface area contributed by atoms with E-state index in [1.807, 2.05) is 23.5 Å². The van der Waals surface area contributed by atoms with Crippen LogP contribution in [0.5, 0.6) is 0 Å². The molecule has 0 aromatic heterocycles. The average Bonchev–Trinajstić information content (AvgIpc) is 2.03. The zero-order valence-electron chi connectivity index (χ0n) is 6.66. The molecule has 0 heterocycles. The first-order valence-corrected chi connectivity index (χ1v) is 6.73. The summed E-state index contributed by atoms with van der Waals surface area (Å²) in [6.07, 6.45) is 0.932. The number of aliphatic hydroxyl groups excluding tert-OH is 1. The summed E-state index contributed by atoms with van der Waals surface area (Å²) in [5.41, 5.74) is 0. The summed E-state index contributed by atoms with van der Waals surface area (Å²) >= 11 is 7.99. The number of hydrogen-bond acceptors (Lipinski definition) is 4. The van der Waals surface area contributed by atoms with Gasteiger partial charge in [0.15, 0.2) is 0 Å². The Balaban J connectivity index is 2.69. The van der Waals surface area contributed by atoms with Crippen LogP contribution in [0.25, 0.3) is 0 Å². The minimum Gasteiger partial charge on any atom is -0.396 e. The molecule has 0 fully saturated rings. The third-order valence-corrected chi connectivity index (χ3v) is 3.89. The molecule has 0 aliphatic heterocycles. The van der Waals surface area contributed by atoms with E-state index < -0.39 is 0 Å². The Hall–Kier alpha value is 1.01. The van der Waals surface area contributed by atoms with Crippen molar-refractivity contribution in [1.29, 1.82) is 0 Å². The minimum absolute atomic E-state index is 0.330. The van der Waals surface area contributed by atoms with Gasteiger partial charge < -0.3 is 5.11 Å². The Morgan fingerprint density at radius 3 is 2.18 bits per heavy atom. The molecule has 1 N–H and O–H groups in total. The van der Waals surface area contributed by atoms with E-state index in [1.165, 1.54) is 11.5 Å². The van der Waals surface area contributed by atoms with Crippen molar-refractivity contribution in [2.24, 2.45) is 0 Å². The molecule has 4 heteroatoms. The van der Waals surface area contributed by atoms with Gasteiger partial charge in [-0.15, -0.1) is 0 Å². The molecule has 0 rings (SSSR count). The molecule has 0 saturated heterocycles. The number of hydrogen-bond donors (Lipinski definition) is 2.